The summed E-state index contributed by atoms with van der Waals surface area (Å²) in [6, 6.07) is 12.9. The van der Waals surface area contributed by atoms with Crippen LogP contribution in [0, 0.1) is 11.3 Å². The van der Waals surface area contributed by atoms with E-state index < -0.39 is 15.9 Å². The molecule has 0 aromatic heterocycles. The first kappa shape index (κ1) is 19.0. The average Bonchev–Trinajstić information content (AvgIpc) is 2.66. The molecule has 0 spiro atoms. The summed E-state index contributed by atoms with van der Waals surface area (Å²) in [5.74, 6) is 1.18. The first-order chi connectivity index (χ1) is 12.9. The number of hydrogen-bond acceptors (Lipinski definition) is 5. The fourth-order valence-electron chi connectivity index (χ4n) is 2.70. The van der Waals surface area contributed by atoms with Crippen LogP contribution in [0.15, 0.2) is 63.9 Å². The van der Waals surface area contributed by atoms with E-state index in [0.717, 1.165) is 5.56 Å². The minimum atomic E-state index is -3.96. The molecule has 0 saturated carbocycles. The Bertz CT molecular complexity index is 1080. The number of benzene rings is 2. The lowest BCUT2D eigenvalue weighted by atomic mass is 10.0. The zero-order chi connectivity index (χ0) is 19.6. The van der Waals surface area contributed by atoms with Crippen LogP contribution >= 0.6 is 11.6 Å². The van der Waals surface area contributed by atoms with Crippen molar-refractivity contribution in [3.05, 3.63) is 69.6 Å². The highest BCUT2D eigenvalue weighted by atomic mass is 35.5. The quantitative estimate of drug-likeness (QED) is 0.710. The Hall–Kier alpha value is -2.75. The van der Waals surface area contributed by atoms with E-state index in [4.69, 9.17) is 21.1 Å². The van der Waals surface area contributed by atoms with Gasteiger partial charge in [-0.1, -0.05) is 23.7 Å². The van der Waals surface area contributed by atoms with Crippen molar-refractivity contribution in [1.82, 2.24) is 0 Å². The number of rotatable bonds is 4. The number of methoxy groups -OCH3 is 1. The molecule has 2 aromatic carbocycles. The van der Waals surface area contributed by atoms with E-state index in [0.29, 0.717) is 22.1 Å². The minimum absolute atomic E-state index is 0.00625. The molecule has 1 atom stereocenters. The normalized spacial score (nSPS) is 16.6. The summed E-state index contributed by atoms with van der Waals surface area (Å²) < 4.78 is 36.7. The van der Waals surface area contributed by atoms with Crippen molar-refractivity contribution in [2.75, 3.05) is 7.11 Å². The van der Waals surface area contributed by atoms with Crippen molar-refractivity contribution in [1.29, 1.82) is 5.26 Å². The van der Waals surface area contributed by atoms with Gasteiger partial charge in [-0.3, -0.25) is 0 Å². The number of para-hydroxylation sites is 1. The lowest BCUT2D eigenvalue weighted by molar-refractivity contribution is 0.243. The molecule has 2 aromatic rings. The van der Waals surface area contributed by atoms with Crippen LogP contribution in [0.3, 0.4) is 0 Å². The van der Waals surface area contributed by atoms with Crippen LogP contribution in [0.2, 0.25) is 5.02 Å². The zero-order valence-corrected chi connectivity index (χ0v) is 16.2. The third kappa shape index (κ3) is 3.70. The molecule has 0 N–H and O–H groups in total. The van der Waals surface area contributed by atoms with Gasteiger partial charge in [-0.15, -0.1) is 0 Å². The summed E-state index contributed by atoms with van der Waals surface area (Å²) in [7, 11) is -2.41. The minimum Gasteiger partial charge on any atom is -0.493 e. The summed E-state index contributed by atoms with van der Waals surface area (Å²) in [6.07, 6.45) is 2.69. The smallest absolute Gasteiger partial charge is 0.216 e. The summed E-state index contributed by atoms with van der Waals surface area (Å²) in [4.78, 5) is -0.357. The monoisotopic (exact) mass is 401 g/mol. The molecule has 1 unspecified atom stereocenters. The maximum absolute atomic E-state index is 12.8. The van der Waals surface area contributed by atoms with Crippen LogP contribution in [-0.4, -0.2) is 21.6 Å². The third-order valence-electron chi connectivity index (χ3n) is 4.14. The standard InChI is InChI=1S/C20H16ClNO4S/c1-13-15(10-14-4-3-5-19(25-2)20(14)26-13)11-18(12-22)27(23,24)17-8-6-16(21)7-9-17/h3-11,13H,1-2H3. The number of ether oxygens (including phenoxy) is 2. The molecule has 0 aliphatic carbocycles. The van der Waals surface area contributed by atoms with Gasteiger partial charge in [-0.25, -0.2) is 8.42 Å². The van der Waals surface area contributed by atoms with E-state index >= 15 is 0 Å². The number of allylic oxidation sites excluding steroid dienone is 1. The second-order valence-corrected chi connectivity index (χ2v) is 8.22. The van der Waals surface area contributed by atoms with Crippen LogP contribution in [0.5, 0.6) is 11.5 Å². The van der Waals surface area contributed by atoms with E-state index in [2.05, 4.69) is 0 Å². The van der Waals surface area contributed by atoms with Gasteiger partial charge >= 0.3 is 0 Å². The molecule has 5 nitrogen and oxygen atoms in total. The number of halogens is 1. The van der Waals surface area contributed by atoms with Gasteiger partial charge in [0, 0.05) is 10.6 Å². The van der Waals surface area contributed by atoms with Crippen molar-refractivity contribution >= 4 is 27.5 Å². The van der Waals surface area contributed by atoms with Gasteiger partial charge in [0.2, 0.25) is 9.84 Å². The van der Waals surface area contributed by atoms with Crippen LogP contribution in [0.25, 0.3) is 6.08 Å². The van der Waals surface area contributed by atoms with E-state index in [1.807, 2.05) is 12.1 Å². The summed E-state index contributed by atoms with van der Waals surface area (Å²) in [5.41, 5.74) is 1.32. The highest BCUT2D eigenvalue weighted by Crippen LogP contribution is 2.38. The molecule has 1 aliphatic rings. The molecule has 0 bridgehead atoms. The van der Waals surface area contributed by atoms with Gasteiger partial charge in [0.05, 0.1) is 12.0 Å². The molecule has 3 rings (SSSR count). The van der Waals surface area contributed by atoms with Crippen molar-refractivity contribution in [2.24, 2.45) is 0 Å². The molecular weight excluding hydrogens is 386 g/mol. The number of nitriles is 1. The Kier molecular flexibility index (Phi) is 5.26. The van der Waals surface area contributed by atoms with E-state index in [1.54, 1.807) is 32.2 Å². The maximum atomic E-state index is 12.8. The fraction of sp³-hybridized carbons (Fsp3) is 0.150. The molecule has 0 amide bonds. The number of nitrogens with zero attached hydrogens (tertiary/aromatic N) is 1. The van der Waals surface area contributed by atoms with Crippen molar-refractivity contribution in [2.45, 2.75) is 17.9 Å². The van der Waals surface area contributed by atoms with Gasteiger partial charge in [-0.05, 0) is 55.0 Å². The second-order valence-electron chi connectivity index (χ2n) is 5.86. The van der Waals surface area contributed by atoms with Crippen LogP contribution < -0.4 is 9.47 Å². The SMILES string of the molecule is COc1cccc2c1OC(C)C(C=C(C#N)S(=O)(=O)c1ccc(Cl)cc1)=C2. The fourth-order valence-corrected chi connectivity index (χ4v) is 3.98. The highest BCUT2D eigenvalue weighted by Gasteiger charge is 2.25. The van der Waals surface area contributed by atoms with E-state index in [9.17, 15) is 13.7 Å². The first-order valence-electron chi connectivity index (χ1n) is 8.04. The predicted octanol–water partition coefficient (Wildman–Crippen LogP) is 4.39. The Morgan fingerprint density at radius 2 is 1.96 bits per heavy atom. The Morgan fingerprint density at radius 1 is 1.26 bits per heavy atom. The molecule has 1 aliphatic heterocycles. The Morgan fingerprint density at radius 3 is 2.59 bits per heavy atom. The summed E-state index contributed by atoms with van der Waals surface area (Å²) in [6.45, 7) is 1.78. The maximum Gasteiger partial charge on any atom is 0.216 e. The number of hydrogen-bond donors (Lipinski definition) is 0. The van der Waals surface area contributed by atoms with Crippen LogP contribution in [-0.2, 0) is 9.84 Å². The number of sulfone groups is 1. The van der Waals surface area contributed by atoms with Crippen molar-refractivity contribution in [3.63, 3.8) is 0 Å². The van der Waals surface area contributed by atoms with E-state index in [-0.39, 0.29) is 9.80 Å². The van der Waals surface area contributed by atoms with Crippen molar-refractivity contribution in [3.8, 4) is 17.6 Å². The average molecular weight is 402 g/mol. The third-order valence-corrected chi connectivity index (χ3v) is 6.07. The summed E-state index contributed by atoms with van der Waals surface area (Å²) >= 11 is 5.81. The van der Waals surface area contributed by atoms with Gasteiger partial charge in [-0.2, -0.15) is 5.26 Å². The van der Waals surface area contributed by atoms with E-state index in [1.165, 1.54) is 30.3 Å². The largest absolute Gasteiger partial charge is 0.493 e. The first-order valence-corrected chi connectivity index (χ1v) is 9.90. The molecule has 1 heterocycles. The highest BCUT2D eigenvalue weighted by molar-refractivity contribution is 7.95. The predicted molar refractivity (Wildman–Crippen MR) is 103 cm³/mol. The van der Waals surface area contributed by atoms with Gasteiger partial charge < -0.3 is 9.47 Å². The lowest BCUT2D eigenvalue weighted by Crippen LogP contribution is -2.19. The molecule has 138 valence electrons. The Balaban J connectivity index is 2.06. The lowest BCUT2D eigenvalue weighted by Gasteiger charge is -2.24. The van der Waals surface area contributed by atoms with Crippen LogP contribution in [0.4, 0.5) is 0 Å². The molecular formula is C20H16ClNO4S. The molecule has 0 saturated heterocycles. The van der Waals surface area contributed by atoms with Crippen molar-refractivity contribution < 1.29 is 17.9 Å². The van der Waals surface area contributed by atoms with Gasteiger partial charge in [0.1, 0.15) is 17.1 Å². The van der Waals surface area contributed by atoms with Gasteiger partial charge in [0.15, 0.2) is 11.5 Å². The summed E-state index contributed by atoms with van der Waals surface area (Å²) in [5, 5.41) is 9.88. The number of fused-ring (bicyclic) bond motifs is 1. The zero-order valence-electron chi connectivity index (χ0n) is 14.6. The molecule has 27 heavy (non-hydrogen) atoms. The molecule has 0 radical (unpaired) electrons. The molecule has 7 heteroatoms. The van der Waals surface area contributed by atoms with Crippen LogP contribution in [0.1, 0.15) is 12.5 Å². The topological polar surface area (TPSA) is 76.4 Å². The molecule has 0 fully saturated rings. The van der Waals surface area contributed by atoms with Gasteiger partial charge in [0.25, 0.3) is 0 Å². The Labute approximate surface area is 163 Å². The second kappa shape index (κ2) is 7.47.